The molecular formula is C23H11ClF8N2O. The minimum atomic E-state index is -4.93. The molecule has 0 saturated heterocycles. The van der Waals surface area contributed by atoms with E-state index in [1.54, 1.807) is 0 Å². The van der Waals surface area contributed by atoms with E-state index in [9.17, 15) is 39.9 Å². The van der Waals surface area contributed by atoms with Crippen LogP contribution in [0.1, 0.15) is 21.5 Å². The second-order valence-corrected chi connectivity index (χ2v) is 7.74. The van der Waals surface area contributed by atoms with Crippen LogP contribution in [0.4, 0.5) is 40.8 Å². The fraction of sp³-hybridized carbons (Fsp3) is 0.0870. The second kappa shape index (κ2) is 8.56. The lowest BCUT2D eigenvalue weighted by molar-refractivity contribution is -0.138. The van der Waals surface area contributed by atoms with Crippen molar-refractivity contribution in [3.8, 4) is 11.3 Å². The lowest BCUT2D eigenvalue weighted by Gasteiger charge is -2.13. The molecule has 4 rings (SSSR count). The van der Waals surface area contributed by atoms with Gasteiger partial charge in [0, 0.05) is 11.2 Å². The van der Waals surface area contributed by atoms with Crippen molar-refractivity contribution in [1.82, 2.24) is 4.40 Å². The van der Waals surface area contributed by atoms with Crippen LogP contribution in [-0.4, -0.2) is 10.3 Å². The number of carbonyl (C=O) groups is 1. The van der Waals surface area contributed by atoms with Crippen molar-refractivity contribution in [3.63, 3.8) is 0 Å². The Kier molecular flexibility index (Phi) is 6.00. The van der Waals surface area contributed by atoms with Crippen LogP contribution in [0.25, 0.3) is 16.8 Å². The molecule has 0 radical (unpaired) electrons. The lowest BCUT2D eigenvalue weighted by atomic mass is 10.1. The lowest BCUT2D eigenvalue weighted by Crippen LogP contribution is -2.15. The predicted molar refractivity (Wildman–Crippen MR) is 112 cm³/mol. The van der Waals surface area contributed by atoms with E-state index in [1.165, 1.54) is 12.1 Å². The highest BCUT2D eigenvalue weighted by molar-refractivity contribution is 6.30. The largest absolute Gasteiger partial charge is 0.418 e. The zero-order valence-corrected chi connectivity index (χ0v) is 17.8. The Morgan fingerprint density at radius 3 is 1.97 bits per heavy atom. The number of pyridine rings is 1. The third kappa shape index (κ3) is 4.68. The van der Waals surface area contributed by atoms with E-state index < -0.39 is 62.9 Å². The third-order valence-electron chi connectivity index (χ3n) is 5.06. The number of hydrogen-bond acceptors (Lipinski definition) is 1. The molecule has 0 atom stereocenters. The van der Waals surface area contributed by atoms with Crippen LogP contribution in [-0.2, 0) is 12.4 Å². The normalized spacial score (nSPS) is 12.3. The van der Waals surface area contributed by atoms with E-state index in [0.717, 1.165) is 34.7 Å². The Morgan fingerprint density at radius 1 is 0.829 bits per heavy atom. The summed E-state index contributed by atoms with van der Waals surface area (Å²) < 4.78 is 109. The van der Waals surface area contributed by atoms with E-state index in [1.807, 2.05) is 0 Å². The molecule has 12 heteroatoms. The first-order valence-electron chi connectivity index (χ1n) is 9.62. The van der Waals surface area contributed by atoms with Gasteiger partial charge in [0.1, 0.15) is 22.4 Å². The molecule has 0 saturated carbocycles. The molecule has 1 amide bonds. The zero-order chi connectivity index (χ0) is 25.7. The fourth-order valence-electron chi connectivity index (χ4n) is 3.54. The summed E-state index contributed by atoms with van der Waals surface area (Å²) in [7, 11) is 0. The van der Waals surface area contributed by atoms with Gasteiger partial charge >= 0.3 is 12.4 Å². The second-order valence-electron chi connectivity index (χ2n) is 7.36. The molecule has 0 aliphatic rings. The van der Waals surface area contributed by atoms with Crippen molar-refractivity contribution in [1.29, 1.82) is 0 Å². The van der Waals surface area contributed by atoms with Crippen molar-refractivity contribution in [2.24, 2.45) is 0 Å². The Morgan fingerprint density at radius 2 is 1.43 bits per heavy atom. The smallest absolute Gasteiger partial charge is 0.322 e. The molecule has 2 heterocycles. The van der Waals surface area contributed by atoms with Crippen LogP contribution in [0.2, 0.25) is 5.15 Å². The van der Waals surface area contributed by atoms with Gasteiger partial charge in [-0.2, -0.15) is 26.3 Å². The van der Waals surface area contributed by atoms with Gasteiger partial charge in [0.25, 0.3) is 5.91 Å². The van der Waals surface area contributed by atoms with Gasteiger partial charge in [-0.3, -0.25) is 9.20 Å². The summed E-state index contributed by atoms with van der Waals surface area (Å²) in [5, 5.41) is 1.63. The Balaban J connectivity index is 1.77. The Bertz CT molecular complexity index is 1420. The molecule has 35 heavy (non-hydrogen) atoms. The number of fused-ring (bicyclic) bond motifs is 1. The highest BCUT2D eigenvalue weighted by atomic mass is 35.5. The number of nitrogens with one attached hydrogen (secondary N) is 1. The van der Waals surface area contributed by atoms with Crippen molar-refractivity contribution >= 4 is 28.7 Å². The van der Waals surface area contributed by atoms with Crippen LogP contribution in [0.3, 0.4) is 0 Å². The minimum absolute atomic E-state index is 0.00118. The summed E-state index contributed by atoms with van der Waals surface area (Å²) >= 11 is 5.95. The van der Waals surface area contributed by atoms with Gasteiger partial charge in [-0.05, 0) is 48.0 Å². The number of hydrogen-bond donors (Lipinski definition) is 1. The van der Waals surface area contributed by atoms with Gasteiger partial charge in [0.15, 0.2) is 0 Å². The average molecular weight is 519 g/mol. The molecule has 2 aromatic carbocycles. The topological polar surface area (TPSA) is 33.5 Å². The standard InChI is InChI=1S/C23H11ClF8N2O/c24-18-9-12(22(27,28)29)8-14-10-15(23(30,31)32)20(34(14)18)11-4-6-13(7-5-11)33-21(35)19-16(25)2-1-3-17(19)26/h1-10H,(H,33,35). The molecule has 0 aliphatic heterocycles. The van der Waals surface area contributed by atoms with Crippen LogP contribution in [0, 0.1) is 11.6 Å². The molecule has 1 N–H and O–H groups in total. The molecule has 0 spiro atoms. The van der Waals surface area contributed by atoms with Crippen molar-refractivity contribution in [3.05, 3.63) is 94.1 Å². The van der Waals surface area contributed by atoms with Gasteiger partial charge < -0.3 is 5.32 Å². The molecule has 182 valence electrons. The van der Waals surface area contributed by atoms with E-state index >= 15 is 0 Å². The molecule has 0 bridgehead atoms. The zero-order valence-electron chi connectivity index (χ0n) is 17.0. The van der Waals surface area contributed by atoms with Gasteiger partial charge in [0.2, 0.25) is 0 Å². The summed E-state index contributed by atoms with van der Waals surface area (Å²) in [5.41, 5.74) is -4.34. The van der Waals surface area contributed by atoms with Gasteiger partial charge in [-0.25, -0.2) is 8.78 Å². The minimum Gasteiger partial charge on any atom is -0.322 e. The number of aromatic nitrogens is 1. The summed E-state index contributed by atoms with van der Waals surface area (Å²) in [6.07, 6.45) is -9.76. The number of rotatable bonds is 3. The first kappa shape index (κ1) is 24.5. The van der Waals surface area contributed by atoms with Crippen LogP contribution in [0.5, 0.6) is 0 Å². The number of alkyl halides is 6. The summed E-state index contributed by atoms with van der Waals surface area (Å²) in [6, 6.07) is 9.07. The Hall–Kier alpha value is -3.60. The summed E-state index contributed by atoms with van der Waals surface area (Å²) in [5.74, 6) is -3.34. The van der Waals surface area contributed by atoms with E-state index in [4.69, 9.17) is 11.6 Å². The fourth-order valence-corrected chi connectivity index (χ4v) is 3.84. The molecular weight excluding hydrogens is 508 g/mol. The van der Waals surface area contributed by atoms with Gasteiger partial charge in [0.05, 0.1) is 16.8 Å². The number of halogens is 9. The van der Waals surface area contributed by atoms with E-state index in [2.05, 4.69) is 5.32 Å². The monoisotopic (exact) mass is 518 g/mol. The molecule has 2 aromatic heterocycles. The summed E-state index contributed by atoms with van der Waals surface area (Å²) in [6.45, 7) is 0. The van der Waals surface area contributed by atoms with Crippen molar-refractivity contribution in [2.75, 3.05) is 5.32 Å². The van der Waals surface area contributed by atoms with E-state index in [0.29, 0.717) is 18.2 Å². The maximum absolute atomic E-state index is 13.8. The number of carbonyl (C=O) groups excluding carboxylic acids is 1. The molecule has 3 nitrogen and oxygen atoms in total. The van der Waals surface area contributed by atoms with Crippen LogP contribution >= 0.6 is 11.6 Å². The SMILES string of the molecule is O=C(Nc1ccc(-c2c(C(F)(F)F)cc3cc(C(F)(F)F)cc(Cl)n23)cc1)c1c(F)cccc1F. The number of nitrogens with zero attached hydrogens (tertiary/aromatic N) is 1. The Labute approximate surface area is 196 Å². The maximum atomic E-state index is 13.8. The van der Waals surface area contributed by atoms with Gasteiger partial charge in [-0.15, -0.1) is 0 Å². The van der Waals surface area contributed by atoms with Crippen molar-refractivity contribution in [2.45, 2.75) is 12.4 Å². The highest BCUT2D eigenvalue weighted by Gasteiger charge is 2.38. The molecule has 0 unspecified atom stereocenters. The van der Waals surface area contributed by atoms with Crippen LogP contribution in [0.15, 0.2) is 60.7 Å². The average Bonchev–Trinajstić information content (AvgIpc) is 3.14. The highest BCUT2D eigenvalue weighted by Crippen LogP contribution is 2.42. The molecule has 4 aromatic rings. The maximum Gasteiger partial charge on any atom is 0.418 e. The predicted octanol–water partition coefficient (Wildman–Crippen LogP) is 7.83. The third-order valence-corrected chi connectivity index (χ3v) is 5.34. The van der Waals surface area contributed by atoms with E-state index in [-0.39, 0.29) is 11.3 Å². The van der Waals surface area contributed by atoms with Gasteiger partial charge in [-0.1, -0.05) is 29.8 Å². The summed E-state index contributed by atoms with van der Waals surface area (Å²) in [4.78, 5) is 12.2. The first-order valence-corrected chi connectivity index (χ1v) is 10.0. The quantitative estimate of drug-likeness (QED) is 0.218. The molecule has 0 aliphatic carbocycles. The number of anilines is 1. The van der Waals surface area contributed by atoms with Crippen molar-refractivity contribution < 1.29 is 39.9 Å². The number of benzene rings is 2. The first-order chi connectivity index (χ1) is 16.3. The van der Waals surface area contributed by atoms with Crippen LogP contribution < -0.4 is 5.32 Å². The number of amides is 1. The molecule has 0 fully saturated rings.